The van der Waals surface area contributed by atoms with Crippen molar-refractivity contribution in [2.45, 2.75) is 0 Å². The molecule has 0 N–H and O–H groups in total. The van der Waals surface area contributed by atoms with Crippen LogP contribution in [0, 0.1) is 0 Å². The fraction of sp³-hybridized carbons (Fsp3) is 0. The maximum absolute atomic E-state index is 5.87. The maximum Gasteiger partial charge on any atom is 0.102 e. The molecule has 2 heterocycles. The number of pyridine rings is 1. The summed E-state index contributed by atoms with van der Waals surface area (Å²) in [6, 6.07) is 9.46. The van der Waals surface area contributed by atoms with Gasteiger partial charge in [-0.15, -0.1) is 5.10 Å². The molecule has 0 spiro atoms. The summed E-state index contributed by atoms with van der Waals surface area (Å²) in [4.78, 5) is 4.12. The molecule has 3 aromatic rings. The molecule has 0 radical (unpaired) electrons. The van der Waals surface area contributed by atoms with Crippen molar-refractivity contribution in [3.63, 3.8) is 0 Å². The molecule has 17 heavy (non-hydrogen) atoms. The molecular weight excluding hydrogens is 234 g/mol. The molecule has 0 fully saturated rings. The highest BCUT2D eigenvalue weighted by Crippen LogP contribution is 2.25. The van der Waals surface area contributed by atoms with Gasteiger partial charge in [-0.2, -0.15) is 5.10 Å². The minimum Gasteiger partial charge on any atom is -0.264 e. The van der Waals surface area contributed by atoms with Crippen molar-refractivity contribution in [1.82, 2.24) is 15.2 Å². The molecule has 82 valence electrons. The van der Waals surface area contributed by atoms with Crippen LogP contribution in [0.5, 0.6) is 0 Å². The van der Waals surface area contributed by atoms with Crippen LogP contribution < -0.4 is 0 Å². The van der Waals surface area contributed by atoms with Gasteiger partial charge in [0, 0.05) is 33.8 Å². The lowest BCUT2D eigenvalue weighted by Gasteiger charge is -2.03. The average molecular weight is 242 g/mol. The first-order chi connectivity index (χ1) is 8.34. The Hall–Kier alpha value is -2.00. The van der Waals surface area contributed by atoms with Crippen LogP contribution >= 0.6 is 11.6 Å². The van der Waals surface area contributed by atoms with Crippen LogP contribution in [-0.2, 0) is 0 Å². The Morgan fingerprint density at radius 3 is 2.59 bits per heavy atom. The van der Waals surface area contributed by atoms with Gasteiger partial charge in [-0.25, -0.2) is 0 Å². The maximum atomic E-state index is 5.87. The fourth-order valence-electron chi connectivity index (χ4n) is 1.74. The summed E-state index contributed by atoms with van der Waals surface area (Å²) < 4.78 is 0. The van der Waals surface area contributed by atoms with Crippen molar-refractivity contribution in [3.8, 4) is 11.3 Å². The largest absolute Gasteiger partial charge is 0.264 e. The first kappa shape index (κ1) is 10.2. The molecule has 0 unspecified atom stereocenters. The van der Waals surface area contributed by atoms with Crippen LogP contribution in [0.4, 0.5) is 0 Å². The summed E-state index contributed by atoms with van der Waals surface area (Å²) in [7, 11) is 0. The molecule has 0 atom stereocenters. The molecule has 0 amide bonds. The van der Waals surface area contributed by atoms with Crippen LogP contribution in [0.25, 0.3) is 22.0 Å². The Bertz CT molecular complexity index is 660. The van der Waals surface area contributed by atoms with Crippen molar-refractivity contribution in [1.29, 1.82) is 0 Å². The van der Waals surface area contributed by atoms with Crippen LogP contribution in [0.3, 0.4) is 0 Å². The van der Waals surface area contributed by atoms with Crippen LogP contribution in [0.15, 0.2) is 48.9 Å². The van der Waals surface area contributed by atoms with E-state index in [0.29, 0.717) is 5.02 Å². The van der Waals surface area contributed by atoms with E-state index in [1.165, 1.54) is 0 Å². The van der Waals surface area contributed by atoms with Crippen molar-refractivity contribution >= 4 is 22.4 Å². The SMILES string of the molecule is Clc1ccc(-c2nncc3ccncc23)cc1. The standard InChI is InChI=1S/C13H8ClN3/c14-11-3-1-9(2-4-11)13-12-8-15-6-5-10(12)7-16-17-13/h1-8H. The van der Waals surface area contributed by atoms with E-state index < -0.39 is 0 Å². The number of fused-ring (bicyclic) bond motifs is 1. The topological polar surface area (TPSA) is 38.7 Å². The van der Waals surface area contributed by atoms with Crippen molar-refractivity contribution in [2.24, 2.45) is 0 Å². The Balaban J connectivity index is 2.27. The van der Waals surface area contributed by atoms with Gasteiger partial charge in [-0.1, -0.05) is 23.7 Å². The highest BCUT2D eigenvalue weighted by atomic mass is 35.5. The monoisotopic (exact) mass is 241 g/mol. The lowest BCUT2D eigenvalue weighted by molar-refractivity contribution is 1.05. The zero-order valence-corrected chi connectivity index (χ0v) is 9.59. The number of halogens is 1. The van der Waals surface area contributed by atoms with Gasteiger partial charge >= 0.3 is 0 Å². The summed E-state index contributed by atoms with van der Waals surface area (Å²) in [6.45, 7) is 0. The molecule has 0 aliphatic rings. The van der Waals surface area contributed by atoms with E-state index in [1.807, 2.05) is 30.3 Å². The van der Waals surface area contributed by atoms with Gasteiger partial charge in [0.15, 0.2) is 0 Å². The van der Waals surface area contributed by atoms with Gasteiger partial charge in [0.25, 0.3) is 0 Å². The Morgan fingerprint density at radius 1 is 0.941 bits per heavy atom. The predicted octanol–water partition coefficient (Wildman–Crippen LogP) is 3.35. The van der Waals surface area contributed by atoms with Gasteiger partial charge in [-0.3, -0.25) is 4.98 Å². The number of benzene rings is 1. The van der Waals surface area contributed by atoms with E-state index in [9.17, 15) is 0 Å². The number of hydrogen-bond acceptors (Lipinski definition) is 3. The smallest absolute Gasteiger partial charge is 0.102 e. The molecule has 1 aromatic carbocycles. The first-order valence-electron chi connectivity index (χ1n) is 5.16. The Labute approximate surface area is 103 Å². The summed E-state index contributed by atoms with van der Waals surface area (Å²) in [6.07, 6.45) is 5.28. The third-order valence-corrected chi connectivity index (χ3v) is 2.83. The molecule has 0 bridgehead atoms. The normalized spacial score (nSPS) is 10.6. The van der Waals surface area contributed by atoms with E-state index in [-0.39, 0.29) is 0 Å². The number of rotatable bonds is 1. The zero-order valence-electron chi connectivity index (χ0n) is 8.84. The van der Waals surface area contributed by atoms with E-state index >= 15 is 0 Å². The predicted molar refractivity (Wildman–Crippen MR) is 67.8 cm³/mol. The molecule has 3 nitrogen and oxygen atoms in total. The second-order valence-electron chi connectivity index (χ2n) is 3.66. The van der Waals surface area contributed by atoms with Gasteiger partial charge < -0.3 is 0 Å². The van der Waals surface area contributed by atoms with Crippen LogP contribution in [0.1, 0.15) is 0 Å². The summed E-state index contributed by atoms with van der Waals surface area (Å²) in [5.41, 5.74) is 1.81. The van der Waals surface area contributed by atoms with E-state index in [2.05, 4.69) is 15.2 Å². The summed E-state index contributed by atoms with van der Waals surface area (Å²) >= 11 is 5.87. The lowest BCUT2D eigenvalue weighted by atomic mass is 10.1. The Kier molecular flexibility index (Phi) is 2.46. The van der Waals surface area contributed by atoms with Crippen LogP contribution in [0.2, 0.25) is 5.02 Å². The summed E-state index contributed by atoms with van der Waals surface area (Å²) in [5.74, 6) is 0. The van der Waals surface area contributed by atoms with E-state index in [4.69, 9.17) is 11.6 Å². The Morgan fingerprint density at radius 2 is 1.76 bits per heavy atom. The van der Waals surface area contributed by atoms with Crippen molar-refractivity contribution < 1.29 is 0 Å². The number of hydrogen-bond donors (Lipinski definition) is 0. The van der Waals surface area contributed by atoms with E-state index in [1.54, 1.807) is 18.6 Å². The summed E-state index contributed by atoms with van der Waals surface area (Å²) in [5, 5.41) is 10.9. The number of nitrogens with zero attached hydrogens (tertiary/aromatic N) is 3. The fourth-order valence-corrected chi connectivity index (χ4v) is 1.87. The molecule has 3 rings (SSSR count). The molecule has 0 aliphatic carbocycles. The molecule has 0 saturated heterocycles. The molecular formula is C13H8ClN3. The third kappa shape index (κ3) is 1.85. The van der Waals surface area contributed by atoms with Gasteiger partial charge in [0.2, 0.25) is 0 Å². The van der Waals surface area contributed by atoms with Gasteiger partial charge in [0.1, 0.15) is 5.69 Å². The minimum absolute atomic E-state index is 0.708. The average Bonchev–Trinajstić information content (AvgIpc) is 2.39. The zero-order chi connectivity index (χ0) is 11.7. The third-order valence-electron chi connectivity index (χ3n) is 2.58. The second kappa shape index (κ2) is 4.11. The lowest BCUT2D eigenvalue weighted by Crippen LogP contribution is -1.89. The highest BCUT2D eigenvalue weighted by Gasteiger charge is 2.05. The van der Waals surface area contributed by atoms with Gasteiger partial charge in [0.05, 0.1) is 6.20 Å². The first-order valence-corrected chi connectivity index (χ1v) is 5.54. The molecule has 0 saturated carbocycles. The quantitative estimate of drug-likeness (QED) is 0.656. The molecule has 2 aromatic heterocycles. The van der Waals surface area contributed by atoms with E-state index in [0.717, 1.165) is 22.0 Å². The van der Waals surface area contributed by atoms with Crippen molar-refractivity contribution in [2.75, 3.05) is 0 Å². The highest BCUT2D eigenvalue weighted by molar-refractivity contribution is 6.30. The minimum atomic E-state index is 0.708. The number of aromatic nitrogens is 3. The molecule has 0 aliphatic heterocycles. The molecule has 4 heteroatoms. The van der Waals surface area contributed by atoms with Crippen molar-refractivity contribution in [3.05, 3.63) is 53.9 Å². The van der Waals surface area contributed by atoms with Gasteiger partial charge in [-0.05, 0) is 18.2 Å². The van der Waals surface area contributed by atoms with Crippen LogP contribution in [-0.4, -0.2) is 15.2 Å². The second-order valence-corrected chi connectivity index (χ2v) is 4.10.